The van der Waals surface area contributed by atoms with E-state index in [0.717, 1.165) is 22.5 Å². The number of aryl methyl sites for hydroxylation is 1. The summed E-state index contributed by atoms with van der Waals surface area (Å²) in [5.41, 5.74) is 2.71. The molecule has 0 saturated carbocycles. The fourth-order valence-corrected chi connectivity index (χ4v) is 1.79. The lowest BCUT2D eigenvalue weighted by Gasteiger charge is -2.04. The lowest BCUT2D eigenvalue weighted by molar-refractivity contribution is 0.496. The second-order valence-corrected chi connectivity index (χ2v) is 3.81. The Hall–Kier alpha value is -1.61. The van der Waals surface area contributed by atoms with Crippen LogP contribution in [0.3, 0.4) is 0 Å². The maximum atomic E-state index is 13.3. The van der Waals surface area contributed by atoms with Crippen molar-refractivity contribution in [2.45, 2.75) is 13.5 Å². The van der Waals surface area contributed by atoms with Gasteiger partial charge in [-0.3, -0.25) is 0 Å². The minimum atomic E-state index is -0.216. The summed E-state index contributed by atoms with van der Waals surface area (Å²) in [5.74, 6) is 0.610. The maximum absolute atomic E-state index is 13.3. The van der Waals surface area contributed by atoms with Gasteiger partial charge in [-0.2, -0.15) is 0 Å². The highest BCUT2D eigenvalue weighted by molar-refractivity contribution is 5.66. The summed E-state index contributed by atoms with van der Waals surface area (Å²) in [6.45, 7) is 2.52. The normalized spacial score (nSPS) is 10.7. The molecule has 0 aliphatic carbocycles. The molecule has 16 heavy (non-hydrogen) atoms. The first-order chi connectivity index (χ1) is 7.70. The van der Waals surface area contributed by atoms with E-state index in [1.807, 2.05) is 26.1 Å². The maximum Gasteiger partial charge on any atom is 0.125 e. The summed E-state index contributed by atoms with van der Waals surface area (Å²) in [6.07, 6.45) is 1.63. The molecule has 0 aliphatic heterocycles. The highest BCUT2D eigenvalue weighted by Crippen LogP contribution is 2.26. The van der Waals surface area contributed by atoms with Gasteiger partial charge in [0.25, 0.3) is 0 Å². The van der Waals surface area contributed by atoms with Crippen molar-refractivity contribution < 1.29 is 8.81 Å². The molecule has 0 unspecified atom stereocenters. The number of benzene rings is 1. The highest BCUT2D eigenvalue weighted by atomic mass is 19.1. The van der Waals surface area contributed by atoms with E-state index in [9.17, 15) is 4.39 Å². The lowest BCUT2D eigenvalue weighted by Crippen LogP contribution is -2.04. The molecule has 0 radical (unpaired) electrons. The molecule has 2 nitrogen and oxygen atoms in total. The monoisotopic (exact) mass is 219 g/mol. The van der Waals surface area contributed by atoms with Crippen LogP contribution >= 0.6 is 0 Å². The summed E-state index contributed by atoms with van der Waals surface area (Å²) in [7, 11) is 1.85. The zero-order chi connectivity index (χ0) is 11.5. The standard InChI is InChI=1S/C13H14FNO/c1-9-5-10(7-11(14)6-9)12-3-4-16-13(12)8-15-2/h3-7,15H,8H2,1-2H3. The minimum Gasteiger partial charge on any atom is -0.467 e. The molecule has 0 saturated heterocycles. The smallest absolute Gasteiger partial charge is 0.125 e. The average Bonchev–Trinajstić information content (AvgIpc) is 2.65. The summed E-state index contributed by atoms with van der Waals surface area (Å²) < 4.78 is 18.6. The first-order valence-corrected chi connectivity index (χ1v) is 5.19. The van der Waals surface area contributed by atoms with Crippen LogP contribution in [0.4, 0.5) is 4.39 Å². The second kappa shape index (κ2) is 4.49. The van der Waals surface area contributed by atoms with E-state index >= 15 is 0 Å². The number of halogens is 1. The Morgan fingerprint density at radius 3 is 2.81 bits per heavy atom. The SMILES string of the molecule is CNCc1occc1-c1cc(C)cc(F)c1. The summed E-state index contributed by atoms with van der Waals surface area (Å²) in [4.78, 5) is 0. The molecule has 2 aromatic rings. The Kier molecular flexibility index (Phi) is 3.06. The Morgan fingerprint density at radius 2 is 2.12 bits per heavy atom. The van der Waals surface area contributed by atoms with E-state index in [1.54, 1.807) is 6.26 Å². The topological polar surface area (TPSA) is 25.2 Å². The Bertz CT molecular complexity index is 470. The van der Waals surface area contributed by atoms with Crippen LogP contribution in [0.1, 0.15) is 11.3 Å². The molecular weight excluding hydrogens is 205 g/mol. The molecule has 1 aromatic heterocycles. The van der Waals surface area contributed by atoms with E-state index < -0.39 is 0 Å². The molecule has 0 bridgehead atoms. The fourth-order valence-electron chi connectivity index (χ4n) is 1.79. The summed E-state index contributed by atoms with van der Waals surface area (Å²) in [5, 5.41) is 3.02. The molecule has 1 aromatic carbocycles. The van der Waals surface area contributed by atoms with Crippen molar-refractivity contribution in [2.75, 3.05) is 7.05 Å². The van der Waals surface area contributed by atoms with Crippen LogP contribution in [0.15, 0.2) is 34.9 Å². The van der Waals surface area contributed by atoms with E-state index in [2.05, 4.69) is 5.32 Å². The first kappa shape index (κ1) is 10.9. The average molecular weight is 219 g/mol. The molecule has 1 heterocycles. The van der Waals surface area contributed by atoms with Gasteiger partial charge < -0.3 is 9.73 Å². The summed E-state index contributed by atoms with van der Waals surface area (Å²) in [6, 6.07) is 6.85. The Balaban J connectivity index is 2.45. The molecule has 1 N–H and O–H groups in total. The number of hydrogen-bond donors (Lipinski definition) is 1. The van der Waals surface area contributed by atoms with Gasteiger partial charge in [0.15, 0.2) is 0 Å². The van der Waals surface area contributed by atoms with Crippen molar-refractivity contribution in [3.05, 3.63) is 47.7 Å². The van der Waals surface area contributed by atoms with Crippen molar-refractivity contribution in [1.82, 2.24) is 5.32 Å². The third-order valence-electron chi connectivity index (χ3n) is 2.44. The highest BCUT2D eigenvalue weighted by Gasteiger charge is 2.09. The van der Waals surface area contributed by atoms with Crippen LogP contribution in [0.2, 0.25) is 0 Å². The molecule has 84 valence electrons. The zero-order valence-corrected chi connectivity index (χ0v) is 9.38. The minimum absolute atomic E-state index is 0.216. The molecule has 0 spiro atoms. The first-order valence-electron chi connectivity index (χ1n) is 5.19. The third-order valence-corrected chi connectivity index (χ3v) is 2.44. The quantitative estimate of drug-likeness (QED) is 0.858. The van der Waals surface area contributed by atoms with E-state index in [0.29, 0.717) is 6.54 Å². The molecule has 3 heteroatoms. The third kappa shape index (κ3) is 2.14. The van der Waals surface area contributed by atoms with Crippen molar-refractivity contribution in [3.8, 4) is 11.1 Å². The van der Waals surface area contributed by atoms with Gasteiger partial charge in [0.05, 0.1) is 12.8 Å². The molecular formula is C13H14FNO. The number of rotatable bonds is 3. The molecule has 0 amide bonds. The van der Waals surface area contributed by atoms with Crippen molar-refractivity contribution in [1.29, 1.82) is 0 Å². The van der Waals surface area contributed by atoms with Crippen molar-refractivity contribution >= 4 is 0 Å². The van der Waals surface area contributed by atoms with Crippen LogP contribution in [-0.2, 0) is 6.54 Å². The Morgan fingerprint density at radius 1 is 1.31 bits per heavy atom. The van der Waals surface area contributed by atoms with Crippen LogP contribution in [0.5, 0.6) is 0 Å². The zero-order valence-electron chi connectivity index (χ0n) is 9.38. The molecule has 0 aliphatic rings. The van der Waals surface area contributed by atoms with Gasteiger partial charge in [0.2, 0.25) is 0 Å². The molecule has 0 fully saturated rings. The van der Waals surface area contributed by atoms with Crippen LogP contribution in [-0.4, -0.2) is 7.05 Å². The number of hydrogen-bond acceptors (Lipinski definition) is 2. The van der Waals surface area contributed by atoms with Gasteiger partial charge in [0.1, 0.15) is 11.6 Å². The van der Waals surface area contributed by atoms with Crippen LogP contribution in [0.25, 0.3) is 11.1 Å². The summed E-state index contributed by atoms with van der Waals surface area (Å²) >= 11 is 0. The Labute approximate surface area is 94.1 Å². The lowest BCUT2D eigenvalue weighted by atomic mass is 10.0. The van der Waals surface area contributed by atoms with E-state index in [-0.39, 0.29) is 5.82 Å². The van der Waals surface area contributed by atoms with Gasteiger partial charge >= 0.3 is 0 Å². The van der Waals surface area contributed by atoms with Crippen molar-refractivity contribution in [3.63, 3.8) is 0 Å². The van der Waals surface area contributed by atoms with Crippen molar-refractivity contribution in [2.24, 2.45) is 0 Å². The van der Waals surface area contributed by atoms with Crippen LogP contribution < -0.4 is 5.32 Å². The van der Waals surface area contributed by atoms with Gasteiger partial charge in [-0.1, -0.05) is 6.07 Å². The van der Waals surface area contributed by atoms with Gasteiger partial charge in [0, 0.05) is 5.56 Å². The second-order valence-electron chi connectivity index (χ2n) is 3.81. The fraction of sp³-hybridized carbons (Fsp3) is 0.231. The predicted molar refractivity (Wildman–Crippen MR) is 61.6 cm³/mol. The van der Waals surface area contributed by atoms with E-state index in [1.165, 1.54) is 12.1 Å². The van der Waals surface area contributed by atoms with E-state index in [4.69, 9.17) is 4.42 Å². The number of furan rings is 1. The van der Waals surface area contributed by atoms with Crippen LogP contribution in [0, 0.1) is 12.7 Å². The van der Waals surface area contributed by atoms with Gasteiger partial charge in [-0.05, 0) is 43.3 Å². The molecule has 2 rings (SSSR count). The molecule has 0 atom stereocenters. The largest absolute Gasteiger partial charge is 0.467 e. The number of nitrogens with one attached hydrogen (secondary N) is 1. The van der Waals surface area contributed by atoms with Gasteiger partial charge in [-0.15, -0.1) is 0 Å². The van der Waals surface area contributed by atoms with Gasteiger partial charge in [-0.25, -0.2) is 4.39 Å². The predicted octanol–water partition coefficient (Wildman–Crippen LogP) is 3.11.